The Labute approximate surface area is 140 Å². The summed E-state index contributed by atoms with van der Waals surface area (Å²) in [6.45, 7) is 4.46. The minimum Gasteiger partial charge on any atom is -0.462 e. The van der Waals surface area contributed by atoms with E-state index in [-0.39, 0.29) is 29.7 Å². The Morgan fingerprint density at radius 3 is 2.46 bits per heavy atom. The quantitative estimate of drug-likeness (QED) is 0.855. The van der Waals surface area contributed by atoms with Crippen molar-refractivity contribution in [1.82, 2.24) is 4.90 Å². The number of nitrogens with zero attached hydrogens (tertiary/aromatic N) is 2. The van der Waals surface area contributed by atoms with Gasteiger partial charge in [-0.15, -0.1) is 0 Å². The Bertz CT molecular complexity index is 742. The van der Waals surface area contributed by atoms with Crippen molar-refractivity contribution in [3.8, 4) is 0 Å². The first-order chi connectivity index (χ1) is 11.6. The van der Waals surface area contributed by atoms with Crippen molar-refractivity contribution in [2.24, 2.45) is 10.9 Å². The van der Waals surface area contributed by atoms with Crippen molar-refractivity contribution in [3.63, 3.8) is 0 Å². The van der Waals surface area contributed by atoms with Gasteiger partial charge in [0.1, 0.15) is 12.4 Å². The number of amidine groups is 1. The summed E-state index contributed by atoms with van der Waals surface area (Å²) in [7, 11) is 0. The SMILES string of the molecule is CC(C)[C@@H]1COC(=Nc2ccccc2)N1C(=O)c1ccc(F)cc1. The van der Waals surface area contributed by atoms with Gasteiger partial charge in [0, 0.05) is 5.56 Å². The van der Waals surface area contributed by atoms with E-state index in [9.17, 15) is 9.18 Å². The molecule has 0 unspecified atom stereocenters. The van der Waals surface area contributed by atoms with E-state index in [1.807, 2.05) is 44.2 Å². The fourth-order valence-electron chi connectivity index (χ4n) is 2.60. The van der Waals surface area contributed by atoms with E-state index in [0.29, 0.717) is 17.9 Å². The molecule has 1 aliphatic heterocycles. The highest BCUT2D eigenvalue weighted by molar-refractivity contribution is 6.05. The van der Waals surface area contributed by atoms with Gasteiger partial charge < -0.3 is 4.74 Å². The van der Waals surface area contributed by atoms with Gasteiger partial charge in [-0.05, 0) is 42.3 Å². The molecule has 4 nitrogen and oxygen atoms in total. The molecule has 1 amide bonds. The lowest BCUT2D eigenvalue weighted by Gasteiger charge is -2.24. The molecule has 1 atom stereocenters. The molecule has 0 spiro atoms. The first-order valence-corrected chi connectivity index (χ1v) is 7.92. The molecular formula is C19H19FN2O2. The summed E-state index contributed by atoms with van der Waals surface area (Å²) in [6, 6.07) is 15.0. The van der Waals surface area contributed by atoms with Crippen molar-refractivity contribution in [2.75, 3.05) is 6.61 Å². The van der Waals surface area contributed by atoms with Crippen LogP contribution in [0.25, 0.3) is 0 Å². The second-order valence-electron chi connectivity index (χ2n) is 6.03. The number of halogens is 1. The van der Waals surface area contributed by atoms with Crippen LogP contribution in [-0.2, 0) is 4.74 Å². The van der Waals surface area contributed by atoms with Gasteiger partial charge in [-0.3, -0.25) is 9.69 Å². The lowest BCUT2D eigenvalue weighted by Crippen LogP contribution is -2.42. The molecule has 0 N–H and O–H groups in total. The maximum Gasteiger partial charge on any atom is 0.300 e. The van der Waals surface area contributed by atoms with Crippen LogP contribution in [0.4, 0.5) is 10.1 Å². The van der Waals surface area contributed by atoms with Crippen molar-refractivity contribution in [3.05, 3.63) is 66.0 Å². The Morgan fingerprint density at radius 2 is 1.83 bits per heavy atom. The zero-order chi connectivity index (χ0) is 17.1. The van der Waals surface area contributed by atoms with Crippen molar-refractivity contribution < 1.29 is 13.9 Å². The van der Waals surface area contributed by atoms with Crippen molar-refractivity contribution in [1.29, 1.82) is 0 Å². The van der Waals surface area contributed by atoms with E-state index in [4.69, 9.17) is 4.74 Å². The maximum absolute atomic E-state index is 13.1. The van der Waals surface area contributed by atoms with Crippen LogP contribution in [-0.4, -0.2) is 29.5 Å². The van der Waals surface area contributed by atoms with Gasteiger partial charge in [0.2, 0.25) is 0 Å². The molecule has 2 aromatic carbocycles. The van der Waals surface area contributed by atoms with Crippen LogP contribution < -0.4 is 0 Å². The molecule has 0 saturated carbocycles. The normalized spacial score (nSPS) is 18.9. The fourth-order valence-corrected chi connectivity index (χ4v) is 2.60. The third kappa shape index (κ3) is 3.30. The molecule has 0 aliphatic carbocycles. The molecule has 124 valence electrons. The van der Waals surface area contributed by atoms with Gasteiger partial charge in [0.25, 0.3) is 11.9 Å². The van der Waals surface area contributed by atoms with E-state index in [0.717, 1.165) is 0 Å². The van der Waals surface area contributed by atoms with Gasteiger partial charge >= 0.3 is 0 Å². The standard InChI is InChI=1S/C19H19FN2O2/c1-13(2)17-12-24-19(21-16-6-4-3-5-7-16)22(17)18(23)14-8-10-15(20)11-9-14/h3-11,13,17H,12H2,1-2H3/t17-/m0/s1. The van der Waals surface area contributed by atoms with Crippen molar-refractivity contribution >= 4 is 17.6 Å². The van der Waals surface area contributed by atoms with Crippen LogP contribution in [0, 0.1) is 11.7 Å². The fraction of sp³-hybridized carbons (Fsp3) is 0.263. The van der Waals surface area contributed by atoms with E-state index >= 15 is 0 Å². The number of para-hydroxylation sites is 1. The summed E-state index contributed by atoms with van der Waals surface area (Å²) < 4.78 is 18.8. The predicted octanol–water partition coefficient (Wildman–Crippen LogP) is 4.01. The molecule has 1 fully saturated rings. The first kappa shape index (κ1) is 16.2. The molecule has 5 heteroatoms. The van der Waals surface area contributed by atoms with Crippen molar-refractivity contribution in [2.45, 2.75) is 19.9 Å². The Hall–Kier alpha value is -2.69. The monoisotopic (exact) mass is 326 g/mol. The summed E-state index contributed by atoms with van der Waals surface area (Å²) in [5.74, 6) is -0.401. The largest absolute Gasteiger partial charge is 0.462 e. The number of amides is 1. The molecule has 1 aliphatic rings. The number of hydrogen-bond donors (Lipinski definition) is 0. The molecule has 24 heavy (non-hydrogen) atoms. The minimum absolute atomic E-state index is 0.106. The second kappa shape index (κ2) is 6.83. The third-order valence-electron chi connectivity index (χ3n) is 3.98. The molecular weight excluding hydrogens is 307 g/mol. The number of carbonyl (C=O) groups excluding carboxylic acids is 1. The maximum atomic E-state index is 13.1. The highest BCUT2D eigenvalue weighted by Crippen LogP contribution is 2.24. The van der Waals surface area contributed by atoms with E-state index in [1.54, 1.807) is 4.90 Å². The van der Waals surface area contributed by atoms with Crippen LogP contribution in [0.2, 0.25) is 0 Å². The first-order valence-electron chi connectivity index (χ1n) is 7.92. The van der Waals surface area contributed by atoms with Crippen LogP contribution in [0.15, 0.2) is 59.6 Å². The van der Waals surface area contributed by atoms with E-state index in [1.165, 1.54) is 24.3 Å². The summed E-state index contributed by atoms with van der Waals surface area (Å²) in [4.78, 5) is 19.0. The molecule has 0 bridgehead atoms. The van der Waals surface area contributed by atoms with E-state index < -0.39 is 0 Å². The lowest BCUT2D eigenvalue weighted by atomic mass is 10.0. The third-order valence-corrected chi connectivity index (χ3v) is 3.98. The smallest absolute Gasteiger partial charge is 0.300 e. The van der Waals surface area contributed by atoms with E-state index in [2.05, 4.69) is 4.99 Å². The van der Waals surface area contributed by atoms with Gasteiger partial charge in [-0.2, -0.15) is 4.99 Å². The molecule has 0 aromatic heterocycles. The van der Waals surface area contributed by atoms with Crippen LogP contribution >= 0.6 is 0 Å². The minimum atomic E-state index is -0.372. The van der Waals surface area contributed by atoms with Gasteiger partial charge in [-0.1, -0.05) is 32.0 Å². The molecule has 1 saturated heterocycles. The summed E-state index contributed by atoms with van der Waals surface area (Å²) >= 11 is 0. The highest BCUT2D eigenvalue weighted by atomic mass is 19.1. The average molecular weight is 326 g/mol. The van der Waals surface area contributed by atoms with Gasteiger partial charge in [-0.25, -0.2) is 4.39 Å². The lowest BCUT2D eigenvalue weighted by molar-refractivity contribution is 0.0797. The number of benzene rings is 2. The van der Waals surface area contributed by atoms with Gasteiger partial charge in [0.15, 0.2) is 0 Å². The van der Waals surface area contributed by atoms with Crippen LogP contribution in [0.3, 0.4) is 0 Å². The summed E-state index contributed by atoms with van der Waals surface area (Å²) in [6.07, 6.45) is 0. The average Bonchev–Trinajstić information content (AvgIpc) is 2.99. The van der Waals surface area contributed by atoms with Gasteiger partial charge in [0.05, 0.1) is 11.7 Å². The number of rotatable bonds is 3. The Kier molecular flexibility index (Phi) is 4.60. The molecule has 2 aromatic rings. The Balaban J connectivity index is 1.96. The van der Waals surface area contributed by atoms with Crippen LogP contribution in [0.5, 0.6) is 0 Å². The Morgan fingerprint density at radius 1 is 1.17 bits per heavy atom. The van der Waals surface area contributed by atoms with Crippen LogP contribution in [0.1, 0.15) is 24.2 Å². The number of ether oxygens (including phenoxy) is 1. The number of aliphatic imine (C=N–C) groups is 1. The zero-order valence-corrected chi connectivity index (χ0v) is 13.6. The molecule has 1 heterocycles. The number of carbonyl (C=O) groups is 1. The topological polar surface area (TPSA) is 41.9 Å². The second-order valence-corrected chi connectivity index (χ2v) is 6.03. The predicted molar refractivity (Wildman–Crippen MR) is 90.7 cm³/mol. The molecule has 3 rings (SSSR count). The summed E-state index contributed by atoms with van der Waals surface area (Å²) in [5.41, 5.74) is 1.13. The highest BCUT2D eigenvalue weighted by Gasteiger charge is 2.38. The molecule has 0 radical (unpaired) electrons. The number of hydrogen-bond acceptors (Lipinski definition) is 3. The zero-order valence-electron chi connectivity index (χ0n) is 13.6. The summed E-state index contributed by atoms with van der Waals surface area (Å²) in [5, 5.41) is 0.